The molecule has 19 heavy (non-hydrogen) atoms. The van der Waals surface area contributed by atoms with E-state index in [-0.39, 0.29) is 0 Å². The van der Waals surface area contributed by atoms with E-state index >= 15 is 0 Å². The van der Waals surface area contributed by atoms with Crippen molar-refractivity contribution >= 4 is 37.5 Å². The lowest BCUT2D eigenvalue weighted by molar-refractivity contribution is 0.337. The van der Waals surface area contributed by atoms with E-state index in [9.17, 15) is 0 Å². The Morgan fingerprint density at radius 3 is 2.63 bits per heavy atom. The molecule has 2 aromatic rings. The van der Waals surface area contributed by atoms with Gasteiger partial charge in [0.25, 0.3) is 0 Å². The summed E-state index contributed by atoms with van der Waals surface area (Å²) in [6, 6.07) is 14.2. The average molecular weight is 385 g/mol. The fourth-order valence-corrected chi connectivity index (χ4v) is 2.96. The van der Waals surface area contributed by atoms with Crippen LogP contribution in [0.2, 0.25) is 0 Å². The monoisotopic (exact) mass is 383 g/mol. The Morgan fingerprint density at radius 1 is 1.11 bits per heavy atom. The van der Waals surface area contributed by atoms with Crippen molar-refractivity contribution in [1.29, 1.82) is 0 Å². The number of nitrogens with one attached hydrogen (secondary N) is 1. The minimum absolute atomic E-state index is 0.680. The van der Waals surface area contributed by atoms with Crippen molar-refractivity contribution in [2.45, 2.75) is 13.5 Å². The van der Waals surface area contributed by atoms with Crippen LogP contribution in [0.1, 0.15) is 12.5 Å². The highest BCUT2D eigenvalue weighted by Crippen LogP contribution is 2.27. The molecule has 0 aliphatic heterocycles. The minimum atomic E-state index is 0.680. The third-order valence-electron chi connectivity index (χ3n) is 2.67. The molecule has 1 N–H and O–H groups in total. The lowest BCUT2D eigenvalue weighted by atomic mass is 10.2. The zero-order chi connectivity index (χ0) is 13.7. The van der Waals surface area contributed by atoms with Gasteiger partial charge in [0.2, 0.25) is 0 Å². The second-order valence-corrected chi connectivity index (χ2v) is 5.79. The highest BCUT2D eigenvalue weighted by molar-refractivity contribution is 9.11. The molecule has 0 fully saturated rings. The Balaban J connectivity index is 2.10. The first-order valence-electron chi connectivity index (χ1n) is 6.10. The summed E-state index contributed by atoms with van der Waals surface area (Å²) in [5.74, 6) is 0.936. The second kappa shape index (κ2) is 6.96. The Labute approximate surface area is 130 Å². The molecular formula is C15H15Br2NO. The molecule has 0 aromatic heterocycles. The standard InChI is InChI=1S/C15H15Br2NO/c1-2-19-15-6-4-3-5-11(15)10-18-14-8-7-12(16)9-13(14)17/h3-9,18H,2,10H2,1H3. The first kappa shape index (κ1) is 14.4. The van der Waals surface area contributed by atoms with E-state index in [0.29, 0.717) is 6.61 Å². The van der Waals surface area contributed by atoms with Crippen LogP contribution < -0.4 is 10.1 Å². The Hall–Kier alpha value is -1.000. The molecule has 100 valence electrons. The zero-order valence-electron chi connectivity index (χ0n) is 10.6. The molecule has 0 aliphatic carbocycles. The molecule has 0 aliphatic rings. The smallest absolute Gasteiger partial charge is 0.124 e. The molecule has 4 heteroatoms. The maximum absolute atomic E-state index is 5.62. The summed E-state index contributed by atoms with van der Waals surface area (Å²) in [6.45, 7) is 3.41. The first-order chi connectivity index (χ1) is 9.20. The van der Waals surface area contributed by atoms with Crippen LogP contribution in [0.3, 0.4) is 0 Å². The van der Waals surface area contributed by atoms with E-state index < -0.39 is 0 Å². The van der Waals surface area contributed by atoms with Gasteiger partial charge in [-0.1, -0.05) is 34.1 Å². The first-order valence-corrected chi connectivity index (χ1v) is 7.69. The number of rotatable bonds is 5. The summed E-state index contributed by atoms with van der Waals surface area (Å²) < 4.78 is 7.71. The van der Waals surface area contributed by atoms with Gasteiger partial charge in [0, 0.05) is 26.7 Å². The summed E-state index contributed by atoms with van der Waals surface area (Å²) in [5.41, 5.74) is 2.22. The van der Waals surface area contributed by atoms with Crippen molar-refractivity contribution in [3.05, 3.63) is 57.0 Å². The molecule has 0 saturated heterocycles. The molecule has 0 bridgehead atoms. The van der Waals surface area contributed by atoms with Crippen molar-refractivity contribution in [3.63, 3.8) is 0 Å². The van der Waals surface area contributed by atoms with E-state index in [0.717, 1.165) is 32.5 Å². The van der Waals surface area contributed by atoms with E-state index in [4.69, 9.17) is 4.74 Å². The van der Waals surface area contributed by atoms with Gasteiger partial charge in [-0.2, -0.15) is 0 Å². The van der Waals surface area contributed by atoms with Gasteiger partial charge in [-0.25, -0.2) is 0 Å². The van der Waals surface area contributed by atoms with Crippen LogP contribution in [-0.4, -0.2) is 6.61 Å². The van der Waals surface area contributed by atoms with E-state index in [1.807, 2.05) is 43.3 Å². The van der Waals surface area contributed by atoms with E-state index in [2.05, 4.69) is 43.2 Å². The van der Waals surface area contributed by atoms with Crippen LogP contribution >= 0.6 is 31.9 Å². The van der Waals surface area contributed by atoms with Crippen LogP contribution in [-0.2, 0) is 6.54 Å². The number of hydrogen-bond acceptors (Lipinski definition) is 2. The number of hydrogen-bond donors (Lipinski definition) is 1. The van der Waals surface area contributed by atoms with Crippen LogP contribution in [0.4, 0.5) is 5.69 Å². The molecular weight excluding hydrogens is 370 g/mol. The Morgan fingerprint density at radius 2 is 1.89 bits per heavy atom. The van der Waals surface area contributed by atoms with Gasteiger partial charge in [0.15, 0.2) is 0 Å². The summed E-state index contributed by atoms with van der Waals surface area (Å²) in [4.78, 5) is 0. The van der Waals surface area contributed by atoms with Crippen molar-refractivity contribution < 1.29 is 4.74 Å². The van der Waals surface area contributed by atoms with Crippen LogP contribution in [0.5, 0.6) is 5.75 Å². The predicted molar refractivity (Wildman–Crippen MR) is 86.8 cm³/mol. The molecule has 2 aromatic carbocycles. The van der Waals surface area contributed by atoms with Gasteiger partial charge in [0.1, 0.15) is 5.75 Å². The molecule has 0 radical (unpaired) electrons. The SMILES string of the molecule is CCOc1ccccc1CNc1ccc(Br)cc1Br. The van der Waals surface area contributed by atoms with Crippen molar-refractivity contribution in [3.8, 4) is 5.75 Å². The Bertz CT molecular complexity index is 558. The molecule has 0 unspecified atom stereocenters. The largest absolute Gasteiger partial charge is 0.494 e. The van der Waals surface area contributed by atoms with E-state index in [1.54, 1.807) is 0 Å². The summed E-state index contributed by atoms with van der Waals surface area (Å²) in [5, 5.41) is 3.41. The quantitative estimate of drug-likeness (QED) is 0.762. The number of para-hydroxylation sites is 1. The minimum Gasteiger partial charge on any atom is -0.494 e. The predicted octanol–water partition coefficient (Wildman–Crippen LogP) is 5.22. The molecule has 0 heterocycles. The van der Waals surface area contributed by atoms with Crippen molar-refractivity contribution in [2.75, 3.05) is 11.9 Å². The highest BCUT2D eigenvalue weighted by Gasteiger charge is 2.04. The molecule has 0 amide bonds. The highest BCUT2D eigenvalue weighted by atomic mass is 79.9. The van der Waals surface area contributed by atoms with Gasteiger partial charge in [0.05, 0.1) is 6.61 Å². The van der Waals surface area contributed by atoms with Gasteiger partial charge in [-0.15, -0.1) is 0 Å². The van der Waals surface area contributed by atoms with Gasteiger partial charge < -0.3 is 10.1 Å². The maximum atomic E-state index is 5.62. The molecule has 0 saturated carbocycles. The number of ether oxygens (including phenoxy) is 1. The summed E-state index contributed by atoms with van der Waals surface area (Å²) in [6.07, 6.45) is 0. The number of halogens is 2. The second-order valence-electron chi connectivity index (χ2n) is 4.02. The third kappa shape index (κ3) is 3.98. The average Bonchev–Trinajstić information content (AvgIpc) is 2.40. The molecule has 2 rings (SSSR count). The van der Waals surface area contributed by atoms with Gasteiger partial charge >= 0.3 is 0 Å². The number of benzene rings is 2. The normalized spacial score (nSPS) is 10.3. The summed E-state index contributed by atoms with van der Waals surface area (Å²) >= 11 is 6.99. The lowest BCUT2D eigenvalue weighted by Gasteiger charge is -2.12. The molecule has 0 spiro atoms. The van der Waals surface area contributed by atoms with Crippen LogP contribution in [0.25, 0.3) is 0 Å². The molecule has 0 atom stereocenters. The fraction of sp³-hybridized carbons (Fsp3) is 0.200. The van der Waals surface area contributed by atoms with Crippen molar-refractivity contribution in [2.24, 2.45) is 0 Å². The van der Waals surface area contributed by atoms with Crippen LogP contribution in [0.15, 0.2) is 51.4 Å². The zero-order valence-corrected chi connectivity index (χ0v) is 13.8. The van der Waals surface area contributed by atoms with Gasteiger partial charge in [-0.05, 0) is 47.1 Å². The topological polar surface area (TPSA) is 21.3 Å². The lowest BCUT2D eigenvalue weighted by Crippen LogP contribution is -2.03. The Kier molecular flexibility index (Phi) is 5.28. The van der Waals surface area contributed by atoms with E-state index in [1.165, 1.54) is 0 Å². The van der Waals surface area contributed by atoms with Gasteiger partial charge in [-0.3, -0.25) is 0 Å². The molecule has 2 nitrogen and oxygen atoms in total. The fourth-order valence-electron chi connectivity index (χ4n) is 1.77. The van der Waals surface area contributed by atoms with Crippen LogP contribution in [0, 0.1) is 0 Å². The van der Waals surface area contributed by atoms with Crippen molar-refractivity contribution in [1.82, 2.24) is 0 Å². The summed E-state index contributed by atoms with van der Waals surface area (Å²) in [7, 11) is 0. The third-order valence-corrected chi connectivity index (χ3v) is 3.82. The number of anilines is 1. The maximum Gasteiger partial charge on any atom is 0.124 e.